The van der Waals surface area contributed by atoms with Gasteiger partial charge in [-0.1, -0.05) is 24.3 Å². The van der Waals surface area contributed by atoms with Gasteiger partial charge in [0, 0.05) is 36.3 Å². The van der Waals surface area contributed by atoms with Gasteiger partial charge in [-0.05, 0) is 42.7 Å². The van der Waals surface area contributed by atoms with Crippen LogP contribution in [0.15, 0.2) is 36.9 Å². The highest BCUT2D eigenvalue weighted by molar-refractivity contribution is 5.85. The van der Waals surface area contributed by atoms with Crippen molar-refractivity contribution in [1.29, 1.82) is 0 Å². The van der Waals surface area contributed by atoms with Crippen molar-refractivity contribution in [3.63, 3.8) is 0 Å². The van der Waals surface area contributed by atoms with E-state index in [-0.39, 0.29) is 6.61 Å². The molecule has 1 aromatic heterocycles. The molecule has 0 saturated carbocycles. The second-order valence-electron chi connectivity index (χ2n) is 6.73. The molecule has 1 saturated heterocycles. The fraction of sp³-hybridized carbons (Fsp3) is 0.474. The lowest BCUT2D eigenvalue weighted by Crippen LogP contribution is -2.45. The van der Waals surface area contributed by atoms with Gasteiger partial charge in [-0.25, -0.2) is 0 Å². The largest absolute Gasteiger partial charge is 0.396 e. The lowest BCUT2D eigenvalue weighted by Gasteiger charge is -2.45. The van der Waals surface area contributed by atoms with Crippen molar-refractivity contribution in [3.8, 4) is 0 Å². The number of fused-ring (bicyclic) bond motifs is 5. The Labute approximate surface area is 131 Å². The van der Waals surface area contributed by atoms with E-state index in [1.165, 1.54) is 22.2 Å². The van der Waals surface area contributed by atoms with Crippen molar-refractivity contribution >= 4 is 10.9 Å². The number of piperidine rings is 1. The fourth-order valence-electron chi connectivity index (χ4n) is 4.50. The molecule has 0 unspecified atom stereocenters. The summed E-state index contributed by atoms with van der Waals surface area (Å²) in [7, 11) is 0. The maximum absolute atomic E-state index is 9.38. The normalized spacial score (nSPS) is 28.3. The van der Waals surface area contributed by atoms with Crippen LogP contribution in [0.2, 0.25) is 0 Å². The molecular weight excluding hydrogens is 272 g/mol. The van der Waals surface area contributed by atoms with Crippen LogP contribution in [0.4, 0.5) is 0 Å². The van der Waals surface area contributed by atoms with Gasteiger partial charge in [-0.3, -0.25) is 4.90 Å². The second kappa shape index (κ2) is 5.56. The third-order valence-electron chi connectivity index (χ3n) is 5.65. The van der Waals surface area contributed by atoms with Crippen LogP contribution < -0.4 is 0 Å². The molecule has 3 atom stereocenters. The lowest BCUT2D eigenvalue weighted by molar-refractivity contribution is 0.0594. The Morgan fingerprint density at radius 2 is 2.23 bits per heavy atom. The molecule has 0 amide bonds. The molecule has 0 spiro atoms. The van der Waals surface area contributed by atoms with Crippen LogP contribution >= 0.6 is 0 Å². The Bertz CT molecular complexity index is 690. The summed E-state index contributed by atoms with van der Waals surface area (Å²) in [4.78, 5) is 6.29. The maximum Gasteiger partial charge on any atom is 0.0504 e. The highest BCUT2D eigenvalue weighted by atomic mass is 16.3. The molecule has 0 bridgehead atoms. The van der Waals surface area contributed by atoms with Crippen molar-refractivity contribution in [2.45, 2.75) is 25.3 Å². The standard InChI is InChI=1S/C19H24N2O/c1-2-13-12-21-9-7-16-15-5-3-4-6-17(15)20-19(16)18(21)11-14(13)8-10-22/h2-6,13-14,18,20,22H,1,7-12H2/t13-,14-,18-/m0/s1. The Balaban J connectivity index is 1.72. The van der Waals surface area contributed by atoms with Gasteiger partial charge in [0.1, 0.15) is 0 Å². The number of para-hydroxylation sites is 1. The van der Waals surface area contributed by atoms with Gasteiger partial charge in [0.25, 0.3) is 0 Å². The van der Waals surface area contributed by atoms with Crippen LogP contribution in [0.1, 0.15) is 30.1 Å². The van der Waals surface area contributed by atoms with Gasteiger partial charge in [-0.2, -0.15) is 0 Å². The number of benzene rings is 1. The van der Waals surface area contributed by atoms with E-state index in [0.717, 1.165) is 32.4 Å². The van der Waals surface area contributed by atoms with Gasteiger partial charge in [-0.15, -0.1) is 6.58 Å². The minimum Gasteiger partial charge on any atom is -0.396 e. The number of hydrogen-bond acceptors (Lipinski definition) is 2. The third-order valence-corrected chi connectivity index (χ3v) is 5.65. The first-order valence-electron chi connectivity index (χ1n) is 8.38. The van der Waals surface area contributed by atoms with E-state index in [9.17, 15) is 5.11 Å². The zero-order valence-corrected chi connectivity index (χ0v) is 13.0. The Hall–Kier alpha value is -1.58. The molecule has 0 radical (unpaired) electrons. The molecule has 1 fully saturated rings. The highest BCUT2D eigenvalue weighted by Crippen LogP contribution is 2.43. The summed E-state index contributed by atoms with van der Waals surface area (Å²) in [5.74, 6) is 1.05. The van der Waals surface area contributed by atoms with E-state index in [1.807, 2.05) is 0 Å². The molecule has 2 aliphatic heterocycles. The molecule has 4 rings (SSSR count). The minimum atomic E-state index is 0.279. The average Bonchev–Trinajstić information content (AvgIpc) is 2.93. The van der Waals surface area contributed by atoms with E-state index < -0.39 is 0 Å². The van der Waals surface area contributed by atoms with Crippen molar-refractivity contribution in [2.24, 2.45) is 11.8 Å². The van der Waals surface area contributed by atoms with Crippen molar-refractivity contribution in [2.75, 3.05) is 19.7 Å². The molecule has 3 heterocycles. The van der Waals surface area contributed by atoms with Crippen molar-refractivity contribution in [3.05, 3.63) is 48.2 Å². The predicted molar refractivity (Wildman–Crippen MR) is 89.8 cm³/mol. The van der Waals surface area contributed by atoms with Gasteiger partial charge in [0.15, 0.2) is 0 Å². The summed E-state index contributed by atoms with van der Waals surface area (Å²) in [5, 5.41) is 10.8. The quantitative estimate of drug-likeness (QED) is 0.853. The van der Waals surface area contributed by atoms with Gasteiger partial charge < -0.3 is 10.1 Å². The smallest absolute Gasteiger partial charge is 0.0504 e. The Morgan fingerprint density at radius 1 is 1.36 bits per heavy atom. The molecule has 2 N–H and O–H groups in total. The number of H-pyrrole nitrogens is 1. The number of aliphatic hydroxyl groups excluding tert-OH is 1. The summed E-state index contributed by atoms with van der Waals surface area (Å²) in [5.41, 5.74) is 4.19. The van der Waals surface area contributed by atoms with Gasteiger partial charge >= 0.3 is 0 Å². The van der Waals surface area contributed by atoms with Crippen LogP contribution in [-0.4, -0.2) is 34.7 Å². The molecule has 3 heteroatoms. The van der Waals surface area contributed by atoms with Crippen LogP contribution in [0.25, 0.3) is 10.9 Å². The number of nitrogens with one attached hydrogen (secondary N) is 1. The highest BCUT2D eigenvalue weighted by Gasteiger charge is 2.38. The van der Waals surface area contributed by atoms with Crippen LogP contribution in [0, 0.1) is 11.8 Å². The zero-order valence-electron chi connectivity index (χ0n) is 13.0. The maximum atomic E-state index is 9.38. The monoisotopic (exact) mass is 296 g/mol. The number of aromatic nitrogens is 1. The molecule has 22 heavy (non-hydrogen) atoms. The molecule has 2 aliphatic rings. The Morgan fingerprint density at radius 3 is 3.05 bits per heavy atom. The van der Waals surface area contributed by atoms with E-state index in [4.69, 9.17) is 0 Å². The molecule has 116 valence electrons. The molecule has 2 aromatic rings. The minimum absolute atomic E-state index is 0.279. The third kappa shape index (κ3) is 2.11. The summed E-state index contributed by atoms with van der Waals surface area (Å²) < 4.78 is 0. The van der Waals surface area contributed by atoms with Crippen LogP contribution in [0.3, 0.4) is 0 Å². The van der Waals surface area contributed by atoms with Crippen LogP contribution in [-0.2, 0) is 6.42 Å². The summed E-state index contributed by atoms with van der Waals surface area (Å²) in [6.07, 6.45) is 5.23. The molecular formula is C19H24N2O. The molecule has 0 aliphatic carbocycles. The first-order chi connectivity index (χ1) is 10.8. The molecule has 1 aromatic carbocycles. The summed E-state index contributed by atoms with van der Waals surface area (Å²) in [6.45, 7) is 6.51. The van der Waals surface area contributed by atoms with Crippen molar-refractivity contribution in [1.82, 2.24) is 9.88 Å². The van der Waals surface area contributed by atoms with E-state index in [1.54, 1.807) is 0 Å². The van der Waals surface area contributed by atoms with E-state index >= 15 is 0 Å². The number of nitrogens with zero attached hydrogens (tertiary/aromatic N) is 1. The predicted octanol–water partition coefficient (Wildman–Crippen LogP) is 3.27. The van der Waals surface area contributed by atoms with Crippen molar-refractivity contribution < 1.29 is 5.11 Å². The average molecular weight is 296 g/mol. The summed E-state index contributed by atoms with van der Waals surface area (Å²) >= 11 is 0. The number of aliphatic hydroxyl groups is 1. The zero-order chi connectivity index (χ0) is 15.1. The van der Waals surface area contributed by atoms with E-state index in [0.29, 0.717) is 17.9 Å². The number of rotatable bonds is 3. The van der Waals surface area contributed by atoms with Crippen LogP contribution in [0.5, 0.6) is 0 Å². The lowest BCUT2D eigenvalue weighted by atomic mass is 9.77. The summed E-state index contributed by atoms with van der Waals surface area (Å²) in [6, 6.07) is 9.13. The fourth-order valence-corrected chi connectivity index (χ4v) is 4.50. The number of hydrogen-bond donors (Lipinski definition) is 2. The first-order valence-corrected chi connectivity index (χ1v) is 8.38. The second-order valence-corrected chi connectivity index (χ2v) is 6.73. The van der Waals surface area contributed by atoms with Gasteiger partial charge in [0.2, 0.25) is 0 Å². The number of aromatic amines is 1. The SMILES string of the molecule is C=C[C@H]1CN2CCc3c([nH]c4ccccc34)[C@@H]2C[C@@H]1CCO. The van der Waals surface area contributed by atoms with Gasteiger partial charge in [0.05, 0.1) is 6.04 Å². The topological polar surface area (TPSA) is 39.3 Å². The van der Waals surface area contributed by atoms with E-state index in [2.05, 4.69) is 46.8 Å². The first kappa shape index (κ1) is 14.0. The Kier molecular flexibility index (Phi) is 3.55. The molecule has 3 nitrogen and oxygen atoms in total.